The fourth-order valence-electron chi connectivity index (χ4n) is 3.01. The molecular formula is C15H25NS. The second kappa shape index (κ2) is 6.55. The van der Waals surface area contributed by atoms with Gasteiger partial charge in [0.2, 0.25) is 0 Å². The van der Waals surface area contributed by atoms with E-state index in [0.717, 1.165) is 5.92 Å². The third-order valence-electron chi connectivity index (χ3n) is 4.02. The molecule has 2 heteroatoms. The average Bonchev–Trinajstić information content (AvgIpc) is 2.66. The van der Waals surface area contributed by atoms with Crippen LogP contribution in [0.4, 0.5) is 0 Å². The van der Waals surface area contributed by atoms with Crippen LogP contribution in [0.25, 0.3) is 0 Å². The highest BCUT2D eigenvalue weighted by Crippen LogP contribution is 2.36. The Balaban J connectivity index is 2.08. The SMILES string of the molecule is CCc1ccc(C(NC)C2CCCCCC2)s1. The van der Waals surface area contributed by atoms with E-state index in [2.05, 4.69) is 31.4 Å². The Hall–Kier alpha value is -0.340. The standard InChI is InChI=1S/C15H25NS/c1-3-13-10-11-14(17-13)15(16-2)12-8-6-4-5-7-9-12/h10-12,15-16H,3-9H2,1-2H3. The molecule has 0 amide bonds. The van der Waals surface area contributed by atoms with Crippen LogP contribution >= 0.6 is 11.3 Å². The lowest BCUT2D eigenvalue weighted by Gasteiger charge is -2.24. The van der Waals surface area contributed by atoms with Crippen LogP contribution in [0.3, 0.4) is 0 Å². The van der Waals surface area contributed by atoms with E-state index in [9.17, 15) is 0 Å². The molecule has 17 heavy (non-hydrogen) atoms. The Kier molecular flexibility index (Phi) is 5.05. The predicted octanol–water partition coefficient (Wildman–Crippen LogP) is 4.54. The Bertz CT molecular complexity index is 323. The molecule has 1 aliphatic carbocycles. The maximum Gasteiger partial charge on any atom is 0.0441 e. The zero-order chi connectivity index (χ0) is 12.1. The fraction of sp³-hybridized carbons (Fsp3) is 0.733. The van der Waals surface area contributed by atoms with E-state index in [0.29, 0.717) is 6.04 Å². The molecule has 1 N–H and O–H groups in total. The quantitative estimate of drug-likeness (QED) is 0.775. The van der Waals surface area contributed by atoms with Gasteiger partial charge < -0.3 is 5.32 Å². The van der Waals surface area contributed by atoms with Crippen molar-refractivity contribution in [3.8, 4) is 0 Å². The average molecular weight is 251 g/mol. The minimum absolute atomic E-state index is 0.596. The summed E-state index contributed by atoms with van der Waals surface area (Å²) >= 11 is 2.00. The summed E-state index contributed by atoms with van der Waals surface area (Å²) in [5.74, 6) is 0.853. The zero-order valence-electron chi connectivity index (χ0n) is 11.2. The molecule has 0 aliphatic heterocycles. The molecule has 1 aliphatic rings. The van der Waals surface area contributed by atoms with E-state index in [1.54, 1.807) is 4.88 Å². The van der Waals surface area contributed by atoms with Crippen molar-refractivity contribution in [1.82, 2.24) is 5.32 Å². The number of nitrogens with one attached hydrogen (secondary N) is 1. The molecule has 0 spiro atoms. The van der Waals surface area contributed by atoms with Crippen LogP contribution in [0.5, 0.6) is 0 Å². The fourth-order valence-corrected chi connectivity index (χ4v) is 4.16. The first-order chi connectivity index (χ1) is 8.35. The second-order valence-electron chi connectivity index (χ2n) is 5.18. The summed E-state index contributed by atoms with van der Waals surface area (Å²) in [6.07, 6.45) is 9.72. The molecule has 0 radical (unpaired) electrons. The number of aryl methyl sites for hydroxylation is 1. The Labute approximate surface area is 110 Å². The van der Waals surface area contributed by atoms with Crippen molar-refractivity contribution in [2.45, 2.75) is 57.9 Å². The molecule has 1 fully saturated rings. The summed E-state index contributed by atoms with van der Waals surface area (Å²) in [5, 5.41) is 3.56. The number of rotatable bonds is 4. The van der Waals surface area contributed by atoms with Gasteiger partial charge in [-0.3, -0.25) is 0 Å². The van der Waals surface area contributed by atoms with Gasteiger partial charge in [-0.15, -0.1) is 11.3 Å². The van der Waals surface area contributed by atoms with Gasteiger partial charge in [-0.1, -0.05) is 32.6 Å². The van der Waals surface area contributed by atoms with Crippen molar-refractivity contribution in [3.05, 3.63) is 21.9 Å². The molecule has 1 nitrogen and oxygen atoms in total. The minimum atomic E-state index is 0.596. The van der Waals surface area contributed by atoms with Crippen LogP contribution in [0, 0.1) is 5.92 Å². The predicted molar refractivity (Wildman–Crippen MR) is 76.7 cm³/mol. The largest absolute Gasteiger partial charge is 0.312 e. The van der Waals surface area contributed by atoms with Crippen LogP contribution in [-0.2, 0) is 6.42 Å². The molecule has 0 aromatic carbocycles. The molecule has 1 heterocycles. The van der Waals surface area contributed by atoms with Gasteiger partial charge in [-0.25, -0.2) is 0 Å². The van der Waals surface area contributed by atoms with E-state index in [4.69, 9.17) is 0 Å². The first-order valence-electron chi connectivity index (χ1n) is 7.11. The lowest BCUT2D eigenvalue weighted by atomic mass is 9.91. The van der Waals surface area contributed by atoms with E-state index >= 15 is 0 Å². The smallest absolute Gasteiger partial charge is 0.0441 e. The second-order valence-corrected chi connectivity index (χ2v) is 6.38. The molecule has 0 bridgehead atoms. The normalized spacial score (nSPS) is 20.1. The number of thiophene rings is 1. The molecular weight excluding hydrogens is 226 g/mol. The van der Waals surface area contributed by atoms with Gasteiger partial charge in [0.25, 0.3) is 0 Å². The van der Waals surface area contributed by atoms with Gasteiger partial charge in [-0.2, -0.15) is 0 Å². The Morgan fingerprint density at radius 3 is 2.47 bits per heavy atom. The van der Waals surface area contributed by atoms with Gasteiger partial charge >= 0.3 is 0 Å². The van der Waals surface area contributed by atoms with Gasteiger partial charge in [0.15, 0.2) is 0 Å². The maximum atomic E-state index is 3.56. The topological polar surface area (TPSA) is 12.0 Å². The van der Waals surface area contributed by atoms with Gasteiger partial charge in [0, 0.05) is 15.8 Å². The molecule has 96 valence electrons. The summed E-state index contributed by atoms with van der Waals surface area (Å²) in [6, 6.07) is 5.25. The van der Waals surface area contributed by atoms with Crippen molar-refractivity contribution in [1.29, 1.82) is 0 Å². The monoisotopic (exact) mass is 251 g/mol. The van der Waals surface area contributed by atoms with E-state index < -0.39 is 0 Å². The lowest BCUT2D eigenvalue weighted by molar-refractivity contribution is 0.346. The van der Waals surface area contributed by atoms with Crippen molar-refractivity contribution in [2.24, 2.45) is 5.92 Å². The van der Waals surface area contributed by atoms with Gasteiger partial charge in [0.05, 0.1) is 0 Å². The molecule has 1 aromatic heterocycles. The van der Waals surface area contributed by atoms with Crippen LogP contribution in [-0.4, -0.2) is 7.05 Å². The molecule has 2 rings (SSSR count). The lowest BCUT2D eigenvalue weighted by Crippen LogP contribution is -2.24. The van der Waals surface area contributed by atoms with E-state index in [-0.39, 0.29) is 0 Å². The molecule has 1 aromatic rings. The van der Waals surface area contributed by atoms with Crippen LogP contribution in [0.1, 0.15) is 61.2 Å². The van der Waals surface area contributed by atoms with Gasteiger partial charge in [-0.05, 0) is 44.4 Å². The first kappa shape index (κ1) is 13.1. The van der Waals surface area contributed by atoms with Crippen LogP contribution in [0.15, 0.2) is 12.1 Å². The van der Waals surface area contributed by atoms with Crippen LogP contribution in [0.2, 0.25) is 0 Å². The summed E-state index contributed by atoms with van der Waals surface area (Å²) in [6.45, 7) is 2.25. The Morgan fingerprint density at radius 2 is 1.94 bits per heavy atom. The van der Waals surface area contributed by atoms with Crippen molar-refractivity contribution < 1.29 is 0 Å². The highest BCUT2D eigenvalue weighted by molar-refractivity contribution is 7.12. The zero-order valence-corrected chi connectivity index (χ0v) is 12.0. The number of hydrogen-bond donors (Lipinski definition) is 1. The van der Waals surface area contributed by atoms with Crippen molar-refractivity contribution in [2.75, 3.05) is 7.05 Å². The van der Waals surface area contributed by atoms with Gasteiger partial charge in [0.1, 0.15) is 0 Å². The summed E-state index contributed by atoms with van der Waals surface area (Å²) in [7, 11) is 2.13. The highest BCUT2D eigenvalue weighted by atomic mass is 32.1. The maximum absolute atomic E-state index is 3.56. The molecule has 1 unspecified atom stereocenters. The van der Waals surface area contributed by atoms with Crippen molar-refractivity contribution in [3.63, 3.8) is 0 Å². The summed E-state index contributed by atoms with van der Waals surface area (Å²) < 4.78 is 0. The molecule has 1 atom stereocenters. The van der Waals surface area contributed by atoms with E-state index in [1.165, 1.54) is 49.8 Å². The summed E-state index contributed by atoms with van der Waals surface area (Å²) in [4.78, 5) is 3.07. The molecule has 0 saturated heterocycles. The first-order valence-corrected chi connectivity index (χ1v) is 7.92. The third kappa shape index (κ3) is 3.32. The number of hydrogen-bond acceptors (Lipinski definition) is 2. The summed E-state index contributed by atoms with van der Waals surface area (Å²) in [5.41, 5.74) is 0. The Morgan fingerprint density at radius 1 is 1.24 bits per heavy atom. The third-order valence-corrected chi connectivity index (χ3v) is 5.33. The molecule has 1 saturated carbocycles. The van der Waals surface area contributed by atoms with Crippen LogP contribution < -0.4 is 5.32 Å². The highest BCUT2D eigenvalue weighted by Gasteiger charge is 2.23. The van der Waals surface area contributed by atoms with E-state index in [1.807, 2.05) is 11.3 Å². The van der Waals surface area contributed by atoms with Crippen molar-refractivity contribution >= 4 is 11.3 Å². The minimum Gasteiger partial charge on any atom is -0.312 e.